The number of rotatable bonds is 2. The van der Waals surface area contributed by atoms with Gasteiger partial charge in [-0.3, -0.25) is 0 Å². The summed E-state index contributed by atoms with van der Waals surface area (Å²) in [6, 6.07) is 11.9. The molecule has 3 heteroatoms. The van der Waals surface area contributed by atoms with Crippen LogP contribution in [0.1, 0.15) is 17.5 Å². The normalized spacial score (nSPS) is 22.1. The monoisotopic (exact) mass is 242 g/mol. The van der Waals surface area contributed by atoms with Crippen molar-refractivity contribution in [2.24, 2.45) is 0 Å². The van der Waals surface area contributed by atoms with Crippen molar-refractivity contribution in [2.75, 3.05) is 7.11 Å². The van der Waals surface area contributed by atoms with Gasteiger partial charge in [-0.15, -0.1) is 0 Å². The maximum atomic E-state index is 11.6. The van der Waals surface area contributed by atoms with Gasteiger partial charge in [0, 0.05) is 12.7 Å². The van der Waals surface area contributed by atoms with Gasteiger partial charge in [0.1, 0.15) is 0 Å². The quantitative estimate of drug-likeness (QED) is 0.880. The van der Waals surface area contributed by atoms with Crippen LogP contribution >= 0.6 is 0 Å². The summed E-state index contributed by atoms with van der Waals surface area (Å²) in [5.41, 5.74) is 0.726. The van der Waals surface area contributed by atoms with E-state index in [4.69, 9.17) is 4.74 Å². The van der Waals surface area contributed by atoms with E-state index in [1.165, 1.54) is 7.11 Å². The molecule has 0 saturated carbocycles. The predicted octanol–water partition coefficient (Wildman–Crippen LogP) is 2.71. The lowest BCUT2D eigenvalue weighted by Crippen LogP contribution is -2.35. The average Bonchev–Trinajstić information content (AvgIpc) is 2.79. The zero-order chi connectivity index (χ0) is 12.8. The molecule has 0 aliphatic heterocycles. The van der Waals surface area contributed by atoms with Crippen molar-refractivity contribution in [2.45, 2.75) is 18.4 Å². The third-order valence-corrected chi connectivity index (χ3v) is 3.86. The summed E-state index contributed by atoms with van der Waals surface area (Å²) in [4.78, 5) is 11.6. The maximum Gasteiger partial charge on any atom is 0.340 e. The van der Waals surface area contributed by atoms with Crippen molar-refractivity contribution in [3.8, 4) is 0 Å². The molecule has 0 unspecified atom stereocenters. The summed E-state index contributed by atoms with van der Waals surface area (Å²) in [6.07, 6.45) is 1.25. The molecule has 2 aromatic rings. The first-order chi connectivity index (χ1) is 8.69. The van der Waals surface area contributed by atoms with Gasteiger partial charge in [-0.25, -0.2) is 4.79 Å². The lowest BCUT2D eigenvalue weighted by atomic mass is 9.91. The molecule has 0 fully saturated rings. The molecule has 1 atom stereocenters. The van der Waals surface area contributed by atoms with Crippen molar-refractivity contribution in [3.05, 3.63) is 47.5 Å². The van der Waals surface area contributed by atoms with E-state index in [1.54, 1.807) is 0 Å². The van der Waals surface area contributed by atoms with E-state index in [1.807, 2.05) is 36.4 Å². The number of fused-ring (bicyclic) bond motifs is 3. The Morgan fingerprint density at radius 2 is 2.06 bits per heavy atom. The molecule has 0 spiro atoms. The van der Waals surface area contributed by atoms with Crippen LogP contribution in [0.25, 0.3) is 10.8 Å². The van der Waals surface area contributed by atoms with Gasteiger partial charge in [-0.1, -0.05) is 36.4 Å². The standard InChI is InChI=1S/C15H14O3/c1-18-15(14(16)17)9-8-11-7-6-10-4-2-3-5-12(10)13(11)15/h2-7H,8-9H2,1H3,(H,16,17)/t15-/m1/s1. The second-order valence-corrected chi connectivity index (χ2v) is 4.66. The van der Waals surface area contributed by atoms with Crippen molar-refractivity contribution >= 4 is 16.7 Å². The Morgan fingerprint density at radius 1 is 1.28 bits per heavy atom. The van der Waals surface area contributed by atoms with Gasteiger partial charge >= 0.3 is 5.97 Å². The van der Waals surface area contributed by atoms with Gasteiger partial charge in [0.2, 0.25) is 0 Å². The number of carbonyl (C=O) groups is 1. The van der Waals surface area contributed by atoms with Gasteiger partial charge in [0.05, 0.1) is 0 Å². The zero-order valence-electron chi connectivity index (χ0n) is 10.1. The van der Waals surface area contributed by atoms with Crippen LogP contribution in [0.4, 0.5) is 0 Å². The molecule has 0 bridgehead atoms. The van der Waals surface area contributed by atoms with Gasteiger partial charge < -0.3 is 9.84 Å². The minimum absolute atomic E-state index is 0.502. The fraction of sp³-hybridized carbons (Fsp3) is 0.267. The average molecular weight is 242 g/mol. The molecular weight excluding hydrogens is 228 g/mol. The number of carboxylic acids is 1. The molecule has 18 heavy (non-hydrogen) atoms. The van der Waals surface area contributed by atoms with E-state index in [0.29, 0.717) is 6.42 Å². The van der Waals surface area contributed by atoms with E-state index in [9.17, 15) is 9.90 Å². The van der Waals surface area contributed by atoms with Crippen molar-refractivity contribution in [3.63, 3.8) is 0 Å². The van der Waals surface area contributed by atoms with Crippen LogP contribution in [0, 0.1) is 0 Å². The lowest BCUT2D eigenvalue weighted by Gasteiger charge is -2.25. The minimum atomic E-state index is -1.18. The number of hydrogen-bond donors (Lipinski definition) is 1. The molecule has 92 valence electrons. The minimum Gasteiger partial charge on any atom is -0.479 e. The van der Waals surface area contributed by atoms with Crippen LogP contribution in [0.3, 0.4) is 0 Å². The second-order valence-electron chi connectivity index (χ2n) is 4.66. The molecule has 2 aromatic carbocycles. The van der Waals surface area contributed by atoms with E-state index in [0.717, 1.165) is 28.3 Å². The van der Waals surface area contributed by atoms with Crippen molar-refractivity contribution < 1.29 is 14.6 Å². The summed E-state index contributed by atoms with van der Waals surface area (Å²) in [5, 5.41) is 11.6. The third kappa shape index (κ3) is 1.31. The summed E-state index contributed by atoms with van der Waals surface area (Å²) in [6.45, 7) is 0. The van der Waals surface area contributed by atoms with Crippen LogP contribution in [-0.4, -0.2) is 18.2 Å². The highest BCUT2D eigenvalue weighted by atomic mass is 16.5. The van der Waals surface area contributed by atoms with Gasteiger partial charge in [-0.05, 0) is 29.2 Å². The molecule has 0 amide bonds. The van der Waals surface area contributed by atoms with E-state index in [2.05, 4.69) is 0 Å². The Hall–Kier alpha value is -1.87. The summed E-state index contributed by atoms with van der Waals surface area (Å²) in [5.74, 6) is -0.903. The number of aliphatic carboxylic acids is 1. The van der Waals surface area contributed by atoms with Gasteiger partial charge in [-0.2, -0.15) is 0 Å². The fourth-order valence-corrected chi connectivity index (χ4v) is 2.94. The highest BCUT2D eigenvalue weighted by Crippen LogP contribution is 2.43. The Labute approximate surface area is 105 Å². The number of benzene rings is 2. The highest BCUT2D eigenvalue weighted by molar-refractivity contribution is 5.94. The fourth-order valence-electron chi connectivity index (χ4n) is 2.94. The summed E-state index contributed by atoms with van der Waals surface area (Å²) >= 11 is 0. The van der Waals surface area contributed by atoms with Gasteiger partial charge in [0.25, 0.3) is 0 Å². The largest absolute Gasteiger partial charge is 0.479 e. The molecule has 3 nitrogen and oxygen atoms in total. The molecule has 0 saturated heterocycles. The van der Waals surface area contributed by atoms with Crippen LogP contribution in [0.15, 0.2) is 36.4 Å². The number of methoxy groups -OCH3 is 1. The molecule has 3 rings (SSSR count). The number of hydrogen-bond acceptors (Lipinski definition) is 2. The molecule has 0 radical (unpaired) electrons. The molecule has 1 N–H and O–H groups in total. The maximum absolute atomic E-state index is 11.6. The van der Waals surface area contributed by atoms with Crippen LogP contribution in [0.2, 0.25) is 0 Å². The van der Waals surface area contributed by atoms with Crippen LogP contribution in [0.5, 0.6) is 0 Å². The number of ether oxygens (including phenoxy) is 1. The summed E-state index contributed by atoms with van der Waals surface area (Å²) < 4.78 is 5.40. The predicted molar refractivity (Wildman–Crippen MR) is 68.6 cm³/mol. The SMILES string of the molecule is CO[C@]1(C(=O)O)CCc2ccc3ccccc3c21. The summed E-state index contributed by atoms with van der Waals surface area (Å²) in [7, 11) is 1.48. The number of aryl methyl sites for hydroxylation is 1. The molecule has 1 aliphatic rings. The van der Waals surface area contributed by atoms with Crippen molar-refractivity contribution in [1.29, 1.82) is 0 Å². The second kappa shape index (κ2) is 3.82. The topological polar surface area (TPSA) is 46.5 Å². The Morgan fingerprint density at radius 3 is 2.78 bits per heavy atom. The Balaban J connectivity index is 2.38. The Kier molecular flexibility index (Phi) is 2.38. The first-order valence-corrected chi connectivity index (χ1v) is 5.99. The molecule has 0 aromatic heterocycles. The van der Waals surface area contributed by atoms with E-state index in [-0.39, 0.29) is 0 Å². The molecular formula is C15H14O3. The smallest absolute Gasteiger partial charge is 0.340 e. The van der Waals surface area contributed by atoms with E-state index >= 15 is 0 Å². The van der Waals surface area contributed by atoms with Crippen LogP contribution < -0.4 is 0 Å². The molecule has 0 heterocycles. The third-order valence-electron chi connectivity index (χ3n) is 3.86. The van der Waals surface area contributed by atoms with E-state index < -0.39 is 11.6 Å². The lowest BCUT2D eigenvalue weighted by molar-refractivity contribution is -0.163. The molecule has 1 aliphatic carbocycles. The van der Waals surface area contributed by atoms with Crippen molar-refractivity contribution in [1.82, 2.24) is 0 Å². The first kappa shape index (κ1) is 11.2. The zero-order valence-corrected chi connectivity index (χ0v) is 10.1. The van der Waals surface area contributed by atoms with Gasteiger partial charge in [0.15, 0.2) is 5.60 Å². The highest BCUT2D eigenvalue weighted by Gasteiger charge is 2.47. The Bertz CT molecular complexity index is 633. The first-order valence-electron chi connectivity index (χ1n) is 5.99. The number of carboxylic acid groups (broad SMARTS) is 1. The van der Waals surface area contributed by atoms with Crippen LogP contribution in [-0.2, 0) is 21.6 Å².